The molecule has 0 saturated heterocycles. The van der Waals surface area contributed by atoms with Crippen LogP contribution in [-0.4, -0.2) is 31.8 Å². The summed E-state index contributed by atoms with van der Waals surface area (Å²) in [5.41, 5.74) is 3.90. The molecule has 1 aromatic heterocycles. The van der Waals surface area contributed by atoms with Crippen LogP contribution in [0, 0.1) is 6.92 Å². The Kier molecular flexibility index (Phi) is 7.59. The van der Waals surface area contributed by atoms with Crippen molar-refractivity contribution in [3.05, 3.63) is 93.8 Å². The molecule has 0 aliphatic rings. The summed E-state index contributed by atoms with van der Waals surface area (Å²) in [4.78, 5) is 26.4. The van der Waals surface area contributed by atoms with Gasteiger partial charge in [0, 0.05) is 11.3 Å². The van der Waals surface area contributed by atoms with Crippen molar-refractivity contribution in [2.75, 3.05) is 26.6 Å². The molecule has 36 heavy (non-hydrogen) atoms. The Bertz CT molecular complexity index is 1440. The van der Waals surface area contributed by atoms with Gasteiger partial charge in [-0.2, -0.15) is 0 Å². The fourth-order valence-electron chi connectivity index (χ4n) is 4.21. The summed E-state index contributed by atoms with van der Waals surface area (Å²) in [6, 6.07) is 20.7. The van der Waals surface area contributed by atoms with Gasteiger partial charge in [-0.3, -0.25) is 14.2 Å². The summed E-state index contributed by atoms with van der Waals surface area (Å²) in [6.07, 6.45) is 1.17. The third-order valence-electron chi connectivity index (χ3n) is 6.13. The molecule has 4 rings (SSSR count). The number of nitrogens with zero attached hydrogens (tertiary/aromatic N) is 1. The molecule has 0 bridgehead atoms. The molecule has 0 aliphatic carbocycles. The second-order valence-corrected chi connectivity index (χ2v) is 8.59. The number of pyridine rings is 1. The van der Waals surface area contributed by atoms with Crippen molar-refractivity contribution in [3.8, 4) is 17.2 Å². The Balaban J connectivity index is 1.61. The number of aromatic nitrogens is 1. The van der Waals surface area contributed by atoms with Gasteiger partial charge in [-0.1, -0.05) is 18.2 Å². The fraction of sp³-hybridized carbons (Fsp3) is 0.241. The molecule has 1 heterocycles. The second kappa shape index (κ2) is 11.0. The Labute approximate surface area is 210 Å². The molecule has 0 aliphatic heterocycles. The van der Waals surface area contributed by atoms with Crippen LogP contribution in [-0.2, 0) is 24.2 Å². The Morgan fingerprint density at radius 2 is 1.58 bits per heavy atom. The number of hydrogen-bond donors (Lipinski definition) is 1. The summed E-state index contributed by atoms with van der Waals surface area (Å²) in [5, 5.41) is 3.79. The standard InChI is InChI=1S/C29H30N2O5/c1-19-5-8-21-17-22(9-6-20-7-14-26(35-3)27(16-20)36-4)29(33)31(25(21)15-19)18-28(32)30-23-10-12-24(34-2)13-11-23/h5,7-8,10-17H,6,9,18H2,1-4H3,(H,30,32). The number of ether oxygens (including phenoxy) is 3. The van der Waals surface area contributed by atoms with Gasteiger partial charge < -0.3 is 19.5 Å². The minimum atomic E-state index is -0.276. The van der Waals surface area contributed by atoms with Gasteiger partial charge in [0.1, 0.15) is 12.3 Å². The number of benzene rings is 3. The molecule has 1 N–H and O–H groups in total. The van der Waals surface area contributed by atoms with Gasteiger partial charge in [0.05, 0.1) is 26.8 Å². The summed E-state index contributed by atoms with van der Waals surface area (Å²) in [5.74, 6) is 1.74. The van der Waals surface area contributed by atoms with Crippen molar-refractivity contribution in [3.63, 3.8) is 0 Å². The lowest BCUT2D eigenvalue weighted by Crippen LogP contribution is -2.30. The number of carbonyl (C=O) groups is 1. The molecule has 4 aromatic rings. The SMILES string of the molecule is COc1ccc(NC(=O)Cn2c(=O)c(CCc3ccc(OC)c(OC)c3)cc3ccc(C)cc32)cc1. The van der Waals surface area contributed by atoms with E-state index in [4.69, 9.17) is 14.2 Å². The van der Waals surface area contributed by atoms with Crippen molar-refractivity contribution >= 4 is 22.5 Å². The van der Waals surface area contributed by atoms with E-state index in [2.05, 4.69) is 5.32 Å². The molecule has 0 radical (unpaired) electrons. The van der Waals surface area contributed by atoms with E-state index >= 15 is 0 Å². The van der Waals surface area contributed by atoms with Crippen molar-refractivity contribution in [2.45, 2.75) is 26.3 Å². The molecule has 0 saturated carbocycles. The first-order chi connectivity index (χ1) is 17.4. The van der Waals surface area contributed by atoms with Crippen molar-refractivity contribution < 1.29 is 19.0 Å². The summed E-state index contributed by atoms with van der Waals surface area (Å²) in [6.45, 7) is 1.88. The number of hydrogen-bond acceptors (Lipinski definition) is 5. The van der Waals surface area contributed by atoms with Crippen LogP contribution in [0.4, 0.5) is 5.69 Å². The van der Waals surface area contributed by atoms with E-state index in [0.717, 1.165) is 22.0 Å². The van der Waals surface area contributed by atoms with E-state index in [0.29, 0.717) is 41.3 Å². The van der Waals surface area contributed by atoms with Gasteiger partial charge in [-0.15, -0.1) is 0 Å². The van der Waals surface area contributed by atoms with E-state index in [1.807, 2.05) is 49.4 Å². The van der Waals surface area contributed by atoms with Crippen LogP contribution in [0.1, 0.15) is 16.7 Å². The monoisotopic (exact) mass is 486 g/mol. The number of rotatable bonds is 9. The van der Waals surface area contributed by atoms with Crippen LogP contribution in [0.3, 0.4) is 0 Å². The molecule has 0 fully saturated rings. The normalized spacial score (nSPS) is 10.8. The molecular weight excluding hydrogens is 456 g/mol. The van der Waals surface area contributed by atoms with Crippen molar-refractivity contribution in [1.82, 2.24) is 4.57 Å². The highest BCUT2D eigenvalue weighted by Gasteiger charge is 2.14. The van der Waals surface area contributed by atoms with Crippen molar-refractivity contribution in [1.29, 1.82) is 0 Å². The highest BCUT2D eigenvalue weighted by molar-refractivity contribution is 5.92. The lowest BCUT2D eigenvalue weighted by atomic mass is 10.0. The van der Waals surface area contributed by atoms with Gasteiger partial charge in [-0.05, 0) is 84.8 Å². The predicted molar refractivity (Wildman–Crippen MR) is 142 cm³/mol. The first kappa shape index (κ1) is 24.9. The number of aryl methyl sites for hydroxylation is 3. The average molecular weight is 487 g/mol. The number of anilines is 1. The fourth-order valence-corrected chi connectivity index (χ4v) is 4.21. The van der Waals surface area contributed by atoms with Crippen LogP contribution < -0.4 is 25.1 Å². The van der Waals surface area contributed by atoms with E-state index in [9.17, 15) is 9.59 Å². The largest absolute Gasteiger partial charge is 0.497 e. The summed E-state index contributed by atoms with van der Waals surface area (Å²) >= 11 is 0. The van der Waals surface area contributed by atoms with Crippen LogP contribution in [0.2, 0.25) is 0 Å². The first-order valence-corrected chi connectivity index (χ1v) is 11.7. The van der Waals surface area contributed by atoms with Crippen LogP contribution in [0.5, 0.6) is 17.2 Å². The third kappa shape index (κ3) is 5.51. The predicted octanol–water partition coefficient (Wildman–Crippen LogP) is 4.76. The van der Waals surface area contributed by atoms with Crippen LogP contribution >= 0.6 is 0 Å². The maximum absolute atomic E-state index is 13.5. The average Bonchev–Trinajstić information content (AvgIpc) is 2.89. The molecule has 3 aromatic carbocycles. The first-order valence-electron chi connectivity index (χ1n) is 11.7. The minimum Gasteiger partial charge on any atom is -0.497 e. The highest BCUT2D eigenvalue weighted by Crippen LogP contribution is 2.28. The topological polar surface area (TPSA) is 78.8 Å². The van der Waals surface area contributed by atoms with Gasteiger partial charge >= 0.3 is 0 Å². The second-order valence-electron chi connectivity index (χ2n) is 8.59. The summed E-state index contributed by atoms with van der Waals surface area (Å²) < 4.78 is 17.4. The lowest BCUT2D eigenvalue weighted by Gasteiger charge is -2.14. The van der Waals surface area contributed by atoms with Gasteiger partial charge in [0.15, 0.2) is 11.5 Å². The van der Waals surface area contributed by atoms with Crippen LogP contribution in [0.15, 0.2) is 71.5 Å². The molecule has 1 amide bonds. The number of nitrogens with one attached hydrogen (secondary N) is 1. The smallest absolute Gasteiger partial charge is 0.254 e. The zero-order valence-corrected chi connectivity index (χ0v) is 21.0. The number of amides is 1. The Morgan fingerprint density at radius 1 is 0.833 bits per heavy atom. The molecule has 0 atom stereocenters. The van der Waals surface area contributed by atoms with E-state index in [1.54, 1.807) is 50.2 Å². The molecular formula is C29H30N2O5. The van der Waals surface area contributed by atoms with Gasteiger partial charge in [0.25, 0.3) is 5.56 Å². The maximum Gasteiger partial charge on any atom is 0.254 e. The van der Waals surface area contributed by atoms with Gasteiger partial charge in [-0.25, -0.2) is 0 Å². The number of carbonyl (C=O) groups excluding carboxylic acids is 1. The van der Waals surface area contributed by atoms with Gasteiger partial charge in [0.2, 0.25) is 5.91 Å². The quantitative estimate of drug-likeness (QED) is 0.369. The number of fused-ring (bicyclic) bond motifs is 1. The van der Waals surface area contributed by atoms with E-state index < -0.39 is 0 Å². The Hall–Kier alpha value is -4.26. The van der Waals surface area contributed by atoms with E-state index in [1.165, 1.54) is 0 Å². The molecule has 7 nitrogen and oxygen atoms in total. The number of methoxy groups -OCH3 is 3. The van der Waals surface area contributed by atoms with Crippen molar-refractivity contribution in [2.24, 2.45) is 0 Å². The zero-order valence-electron chi connectivity index (χ0n) is 21.0. The minimum absolute atomic E-state index is 0.0883. The van der Waals surface area contributed by atoms with Crippen LogP contribution in [0.25, 0.3) is 10.9 Å². The maximum atomic E-state index is 13.5. The molecule has 186 valence electrons. The molecule has 0 spiro atoms. The van der Waals surface area contributed by atoms with E-state index in [-0.39, 0.29) is 18.0 Å². The summed E-state index contributed by atoms with van der Waals surface area (Å²) in [7, 11) is 4.79. The third-order valence-corrected chi connectivity index (χ3v) is 6.13. The molecule has 7 heteroatoms. The Morgan fingerprint density at radius 3 is 2.28 bits per heavy atom. The zero-order chi connectivity index (χ0) is 25.7. The molecule has 0 unspecified atom stereocenters. The lowest BCUT2D eigenvalue weighted by molar-refractivity contribution is -0.116. The highest BCUT2D eigenvalue weighted by atomic mass is 16.5.